The first-order valence-electron chi connectivity index (χ1n) is 9.69. The summed E-state index contributed by atoms with van der Waals surface area (Å²) >= 11 is 0. The predicted octanol–water partition coefficient (Wildman–Crippen LogP) is 2.85. The number of carbonyl (C=O) groups excluding carboxylic acids is 2. The third-order valence-corrected chi connectivity index (χ3v) is 6.36. The van der Waals surface area contributed by atoms with Crippen LogP contribution in [0.1, 0.15) is 36.0 Å². The lowest BCUT2D eigenvalue weighted by Gasteiger charge is -2.47. The van der Waals surface area contributed by atoms with Crippen molar-refractivity contribution in [3.8, 4) is 0 Å². The second kappa shape index (κ2) is 7.85. The lowest BCUT2D eigenvalue weighted by Crippen LogP contribution is -2.57. The van der Waals surface area contributed by atoms with Gasteiger partial charge in [-0.2, -0.15) is 0 Å². The molecule has 1 amide bonds. The monoisotopic (exact) mass is 370 g/mol. The molecule has 1 aromatic carbocycles. The predicted molar refractivity (Wildman–Crippen MR) is 105 cm³/mol. The summed E-state index contributed by atoms with van der Waals surface area (Å²) in [5, 5.41) is 0. The fourth-order valence-corrected chi connectivity index (χ4v) is 4.65. The first-order chi connectivity index (χ1) is 12.9. The van der Waals surface area contributed by atoms with Gasteiger partial charge in [0.1, 0.15) is 0 Å². The number of likely N-dealkylation sites (tertiary alicyclic amines) is 2. The van der Waals surface area contributed by atoms with Crippen molar-refractivity contribution in [2.75, 3.05) is 26.7 Å². The normalized spacial score (nSPS) is 22.3. The number of aryl methyl sites for hydroxylation is 2. The number of piperidine rings is 1. The lowest BCUT2D eigenvalue weighted by atomic mass is 9.76. The van der Waals surface area contributed by atoms with Crippen LogP contribution in [0.25, 0.3) is 0 Å². The summed E-state index contributed by atoms with van der Waals surface area (Å²) in [6.07, 6.45) is 3.58. The number of amides is 1. The molecule has 146 valence electrons. The van der Waals surface area contributed by atoms with Crippen molar-refractivity contribution in [2.24, 2.45) is 5.92 Å². The smallest absolute Gasteiger partial charge is 0.311 e. The van der Waals surface area contributed by atoms with E-state index in [1.54, 1.807) is 6.08 Å². The Labute approximate surface area is 162 Å². The highest BCUT2D eigenvalue weighted by Crippen LogP contribution is 2.44. The van der Waals surface area contributed by atoms with Crippen molar-refractivity contribution in [1.29, 1.82) is 0 Å². The lowest BCUT2D eigenvalue weighted by molar-refractivity contribution is -0.150. The average Bonchev–Trinajstić information content (AvgIpc) is 2.92. The molecule has 0 bridgehead atoms. The zero-order valence-corrected chi connectivity index (χ0v) is 16.7. The van der Waals surface area contributed by atoms with E-state index in [-0.39, 0.29) is 24.2 Å². The molecule has 2 saturated heterocycles. The van der Waals surface area contributed by atoms with Crippen molar-refractivity contribution in [3.63, 3.8) is 0 Å². The van der Waals surface area contributed by atoms with Gasteiger partial charge in [0.25, 0.3) is 0 Å². The van der Waals surface area contributed by atoms with E-state index in [1.165, 1.54) is 23.8 Å². The zero-order valence-electron chi connectivity index (χ0n) is 16.7. The van der Waals surface area contributed by atoms with E-state index in [0.717, 1.165) is 32.5 Å². The number of methoxy groups -OCH3 is 1. The minimum absolute atomic E-state index is 0.0351. The maximum absolute atomic E-state index is 12.6. The molecule has 2 heterocycles. The quantitative estimate of drug-likeness (QED) is 0.591. The van der Waals surface area contributed by atoms with Crippen LogP contribution in [-0.4, -0.2) is 54.0 Å². The van der Waals surface area contributed by atoms with Gasteiger partial charge in [-0.05, 0) is 43.4 Å². The fourth-order valence-electron chi connectivity index (χ4n) is 4.65. The van der Waals surface area contributed by atoms with E-state index in [9.17, 15) is 9.59 Å². The number of carbonyl (C=O) groups is 2. The number of rotatable bonds is 5. The molecule has 2 aliphatic heterocycles. The third-order valence-electron chi connectivity index (χ3n) is 6.36. The Kier molecular flexibility index (Phi) is 5.70. The van der Waals surface area contributed by atoms with Crippen LogP contribution in [0.15, 0.2) is 30.9 Å². The van der Waals surface area contributed by atoms with Gasteiger partial charge in [-0.15, -0.1) is 6.58 Å². The molecule has 1 unspecified atom stereocenters. The Morgan fingerprint density at radius 2 is 2.00 bits per heavy atom. The summed E-state index contributed by atoms with van der Waals surface area (Å²) < 4.78 is 5.03. The second-order valence-electron chi connectivity index (χ2n) is 7.87. The Hall–Kier alpha value is -2.14. The minimum atomic E-state index is -0.432. The molecule has 1 aromatic rings. The summed E-state index contributed by atoms with van der Waals surface area (Å²) in [5.41, 5.74) is 3.49. The second-order valence-corrected chi connectivity index (χ2v) is 7.87. The number of hydrogen-bond acceptors (Lipinski definition) is 4. The van der Waals surface area contributed by atoms with Crippen LogP contribution in [0.4, 0.5) is 0 Å². The number of benzene rings is 1. The Bertz CT molecular complexity index is 735. The summed E-state index contributed by atoms with van der Waals surface area (Å²) in [7, 11) is 1.41. The van der Waals surface area contributed by atoms with E-state index < -0.39 is 5.54 Å². The first kappa shape index (κ1) is 19.6. The van der Waals surface area contributed by atoms with Crippen LogP contribution in [0, 0.1) is 19.8 Å². The Morgan fingerprint density at radius 1 is 1.30 bits per heavy atom. The molecule has 27 heavy (non-hydrogen) atoms. The SMILES string of the molecule is C=CCN1C(=O)CC(C(=O)OC)C12CCN(Cc1ccc(C)c(C)c1)CC2. The van der Waals surface area contributed by atoms with Gasteiger partial charge < -0.3 is 9.64 Å². The van der Waals surface area contributed by atoms with Crippen LogP contribution < -0.4 is 0 Å². The van der Waals surface area contributed by atoms with E-state index in [0.29, 0.717) is 6.54 Å². The van der Waals surface area contributed by atoms with E-state index in [1.807, 2.05) is 4.90 Å². The number of ether oxygens (including phenoxy) is 1. The van der Waals surface area contributed by atoms with Crippen molar-refractivity contribution in [1.82, 2.24) is 9.80 Å². The van der Waals surface area contributed by atoms with E-state index in [4.69, 9.17) is 4.74 Å². The highest BCUT2D eigenvalue weighted by Gasteiger charge is 2.56. The molecule has 0 N–H and O–H groups in total. The van der Waals surface area contributed by atoms with Crippen molar-refractivity contribution in [3.05, 3.63) is 47.5 Å². The van der Waals surface area contributed by atoms with Gasteiger partial charge >= 0.3 is 5.97 Å². The molecule has 2 aliphatic rings. The Morgan fingerprint density at radius 3 is 2.59 bits per heavy atom. The van der Waals surface area contributed by atoms with Crippen LogP contribution in [0.3, 0.4) is 0 Å². The number of nitrogens with zero attached hydrogens (tertiary/aromatic N) is 2. The van der Waals surface area contributed by atoms with Gasteiger partial charge in [-0.1, -0.05) is 24.3 Å². The van der Waals surface area contributed by atoms with Crippen LogP contribution in [-0.2, 0) is 20.9 Å². The maximum atomic E-state index is 12.6. The molecule has 0 aliphatic carbocycles. The highest BCUT2D eigenvalue weighted by atomic mass is 16.5. The molecule has 0 aromatic heterocycles. The molecule has 1 atom stereocenters. The third kappa shape index (κ3) is 3.65. The van der Waals surface area contributed by atoms with Crippen molar-refractivity contribution < 1.29 is 14.3 Å². The topological polar surface area (TPSA) is 49.9 Å². The molecule has 5 heteroatoms. The summed E-state index contributed by atoms with van der Waals surface area (Å²) in [6, 6.07) is 6.61. The first-order valence-corrected chi connectivity index (χ1v) is 9.69. The van der Waals surface area contributed by atoms with Gasteiger partial charge in [0.2, 0.25) is 5.91 Å². The molecule has 1 spiro atoms. The summed E-state index contributed by atoms with van der Waals surface area (Å²) in [4.78, 5) is 29.2. The average molecular weight is 370 g/mol. The maximum Gasteiger partial charge on any atom is 0.311 e. The molecule has 5 nitrogen and oxygen atoms in total. The van der Waals surface area contributed by atoms with Gasteiger partial charge in [-0.3, -0.25) is 14.5 Å². The molecule has 0 radical (unpaired) electrons. The largest absolute Gasteiger partial charge is 0.469 e. The highest BCUT2D eigenvalue weighted by molar-refractivity contribution is 5.89. The molecular formula is C22H30N2O3. The summed E-state index contributed by atoms with van der Waals surface area (Å²) in [6.45, 7) is 11.2. The van der Waals surface area contributed by atoms with E-state index >= 15 is 0 Å². The molecular weight excluding hydrogens is 340 g/mol. The molecule has 2 fully saturated rings. The fraction of sp³-hybridized carbons (Fsp3) is 0.545. The molecule has 3 rings (SSSR count). The van der Waals surface area contributed by atoms with Gasteiger partial charge in [-0.25, -0.2) is 0 Å². The number of esters is 1. The number of hydrogen-bond donors (Lipinski definition) is 0. The van der Waals surface area contributed by atoms with Crippen LogP contribution in [0.5, 0.6) is 0 Å². The van der Waals surface area contributed by atoms with Crippen LogP contribution >= 0.6 is 0 Å². The van der Waals surface area contributed by atoms with Crippen molar-refractivity contribution in [2.45, 2.75) is 45.2 Å². The zero-order chi connectivity index (χ0) is 19.6. The minimum Gasteiger partial charge on any atom is -0.469 e. The van der Waals surface area contributed by atoms with Crippen molar-refractivity contribution >= 4 is 11.9 Å². The molecule has 0 saturated carbocycles. The van der Waals surface area contributed by atoms with Gasteiger partial charge in [0.05, 0.1) is 18.6 Å². The van der Waals surface area contributed by atoms with Crippen LogP contribution in [0.2, 0.25) is 0 Å². The Balaban J connectivity index is 1.75. The standard InChI is InChI=1S/C22H30N2O3/c1-5-10-24-20(25)14-19(21(26)27-4)22(24)8-11-23(12-9-22)15-18-7-6-16(2)17(3)13-18/h5-7,13,19H,1,8-12,14-15H2,2-4H3. The van der Waals surface area contributed by atoms with Gasteiger partial charge in [0.15, 0.2) is 0 Å². The van der Waals surface area contributed by atoms with Gasteiger partial charge in [0, 0.05) is 32.6 Å². The van der Waals surface area contributed by atoms with E-state index in [2.05, 4.69) is 43.5 Å². The summed E-state index contributed by atoms with van der Waals surface area (Å²) in [5.74, 6) is -0.607.